The molecule has 3 nitrogen and oxygen atoms in total. The number of hydrogen-bond donors (Lipinski definition) is 0. The molecule has 0 radical (unpaired) electrons. The normalized spacial score (nSPS) is 14.6. The average Bonchev–Trinajstić information content (AvgIpc) is 3.45. The molecule has 3 heteroatoms. The van der Waals surface area contributed by atoms with E-state index < -0.39 is 10.8 Å². The molecule has 4 aliphatic heterocycles. The lowest BCUT2D eigenvalue weighted by Gasteiger charge is -2.56. The summed E-state index contributed by atoms with van der Waals surface area (Å²) < 4.78 is 0. The van der Waals surface area contributed by atoms with E-state index in [0.29, 0.717) is 0 Å². The molecule has 0 atom stereocenters. The van der Waals surface area contributed by atoms with Crippen molar-refractivity contribution in [3.8, 4) is 22.3 Å². The number of rotatable bonds is 4. The monoisotopic (exact) mass is 903 g/mol. The number of hydrogen-bond acceptors (Lipinski definition) is 3. The fourth-order valence-corrected chi connectivity index (χ4v) is 13.3. The molecule has 0 aliphatic carbocycles. The van der Waals surface area contributed by atoms with Crippen LogP contribution in [0, 0.1) is 0 Å². The van der Waals surface area contributed by atoms with Gasteiger partial charge in [-0.15, -0.1) is 0 Å². The van der Waals surface area contributed by atoms with Crippen molar-refractivity contribution in [1.29, 1.82) is 0 Å². The Labute approximate surface area is 414 Å². The van der Waals surface area contributed by atoms with Crippen LogP contribution >= 0.6 is 0 Å². The molecule has 71 heavy (non-hydrogen) atoms. The zero-order valence-corrected chi connectivity index (χ0v) is 38.8. The van der Waals surface area contributed by atoms with E-state index in [-0.39, 0.29) is 0 Å². The summed E-state index contributed by atoms with van der Waals surface area (Å²) in [5, 5.41) is 0. The third-order valence-electron chi connectivity index (χ3n) is 15.8. The van der Waals surface area contributed by atoms with Crippen LogP contribution < -0.4 is 14.7 Å². The number of fused-ring (bicyclic) bond motifs is 16. The van der Waals surface area contributed by atoms with Gasteiger partial charge in [0.25, 0.3) is 0 Å². The minimum Gasteiger partial charge on any atom is -0.309 e. The van der Waals surface area contributed by atoms with E-state index in [1.807, 2.05) is 0 Å². The third kappa shape index (κ3) is 5.22. The number of para-hydroxylation sites is 9. The molecule has 0 aromatic heterocycles. The predicted molar refractivity (Wildman–Crippen MR) is 292 cm³/mol. The van der Waals surface area contributed by atoms with Gasteiger partial charge in [-0.3, -0.25) is 0 Å². The van der Waals surface area contributed by atoms with E-state index in [1.165, 1.54) is 107 Å². The lowest BCUT2D eigenvalue weighted by Crippen LogP contribution is -2.47. The van der Waals surface area contributed by atoms with Crippen LogP contribution in [0.4, 0.5) is 51.2 Å². The van der Waals surface area contributed by atoms with Crippen molar-refractivity contribution in [3.05, 3.63) is 317 Å². The third-order valence-corrected chi connectivity index (χ3v) is 15.8. The van der Waals surface area contributed by atoms with Crippen LogP contribution in [0.2, 0.25) is 0 Å². The van der Waals surface area contributed by atoms with Gasteiger partial charge >= 0.3 is 0 Å². The lowest BCUT2D eigenvalue weighted by atomic mass is 9.55. The predicted octanol–water partition coefficient (Wildman–Crippen LogP) is 17.4. The van der Waals surface area contributed by atoms with E-state index in [4.69, 9.17) is 0 Å². The molecule has 4 aliphatic rings. The number of benzene rings is 11. The van der Waals surface area contributed by atoms with E-state index in [2.05, 4.69) is 288 Å². The van der Waals surface area contributed by atoms with E-state index >= 15 is 0 Å². The lowest BCUT2D eigenvalue weighted by molar-refractivity contribution is 0.680. The summed E-state index contributed by atoms with van der Waals surface area (Å²) in [6.45, 7) is 0. The zero-order valence-electron chi connectivity index (χ0n) is 38.8. The SMILES string of the molecule is c1ccc(-c2ccccc2N2c3ccccc3C3(c4ccccc42)c2ccccc2N2c4ccccc4C4(c5ccccc5N(c5ccccc5-c5ccccc5)c5ccccc54)c4cccc3c42)cc1. The number of nitrogens with zero attached hydrogens (tertiary/aromatic N) is 3. The van der Waals surface area contributed by atoms with Crippen LogP contribution in [0.5, 0.6) is 0 Å². The van der Waals surface area contributed by atoms with Gasteiger partial charge in [0.1, 0.15) is 0 Å². The van der Waals surface area contributed by atoms with Crippen LogP contribution in [0.15, 0.2) is 273 Å². The molecule has 0 saturated heterocycles. The highest BCUT2D eigenvalue weighted by Gasteiger charge is 2.58. The first-order chi connectivity index (χ1) is 35.3. The summed E-state index contributed by atoms with van der Waals surface area (Å²) in [7, 11) is 0. The maximum absolute atomic E-state index is 2.61. The average molecular weight is 904 g/mol. The highest BCUT2D eigenvalue weighted by molar-refractivity contribution is 6.04. The molecule has 0 saturated carbocycles. The van der Waals surface area contributed by atoms with Crippen molar-refractivity contribution >= 4 is 51.2 Å². The fourth-order valence-electron chi connectivity index (χ4n) is 13.3. The highest BCUT2D eigenvalue weighted by Crippen LogP contribution is 2.70. The summed E-state index contributed by atoms with van der Waals surface area (Å²) in [6, 6.07) is 102. The van der Waals surface area contributed by atoms with Crippen LogP contribution in [0.3, 0.4) is 0 Å². The molecule has 0 bridgehead atoms. The van der Waals surface area contributed by atoms with Gasteiger partial charge in [-0.25, -0.2) is 0 Å². The molecular weight excluding hydrogens is 859 g/mol. The second-order valence-electron chi connectivity index (χ2n) is 19.1. The Balaban J connectivity index is 1.05. The standard InChI is InChI=1S/C68H45N3/c1-3-24-46(25-4-1)48-28-7-15-38-58(48)69-60-40-17-9-30-50(60)67(51-31-10-18-41-61(51)69)54-34-13-21-44-64(54)71-65-45-22-14-35-55(65)68(57-37-23-36-56(67)66(57)71)52-32-11-19-42-62(52)70(63-43-20-12-33-53(63)68)59-39-16-8-29-49(59)47-26-5-2-6-27-47/h1-45H. The molecule has 332 valence electrons. The first kappa shape index (κ1) is 39.8. The summed E-state index contributed by atoms with van der Waals surface area (Å²) in [4.78, 5) is 7.65. The Bertz CT molecular complexity index is 3580. The molecule has 11 aromatic carbocycles. The van der Waals surface area contributed by atoms with Gasteiger partial charge in [-0.2, -0.15) is 0 Å². The Morgan fingerprint density at radius 2 is 0.423 bits per heavy atom. The molecule has 0 amide bonds. The zero-order chi connectivity index (χ0) is 46.7. The Morgan fingerprint density at radius 1 is 0.183 bits per heavy atom. The van der Waals surface area contributed by atoms with Crippen LogP contribution in [0.1, 0.15) is 44.5 Å². The largest absolute Gasteiger partial charge is 0.309 e. The van der Waals surface area contributed by atoms with Crippen LogP contribution in [-0.2, 0) is 10.8 Å². The quantitative estimate of drug-likeness (QED) is 0.174. The first-order valence-electron chi connectivity index (χ1n) is 24.7. The Morgan fingerprint density at radius 3 is 0.746 bits per heavy atom. The molecule has 0 fully saturated rings. The van der Waals surface area contributed by atoms with Crippen molar-refractivity contribution in [2.75, 3.05) is 14.7 Å². The van der Waals surface area contributed by atoms with Gasteiger partial charge in [-0.05, 0) is 104 Å². The van der Waals surface area contributed by atoms with E-state index in [9.17, 15) is 0 Å². The van der Waals surface area contributed by atoms with Gasteiger partial charge < -0.3 is 14.7 Å². The van der Waals surface area contributed by atoms with Gasteiger partial charge in [0.05, 0.1) is 62.0 Å². The van der Waals surface area contributed by atoms with Gasteiger partial charge in [0, 0.05) is 11.1 Å². The Kier molecular flexibility index (Phi) is 8.49. The topological polar surface area (TPSA) is 9.72 Å². The highest BCUT2D eigenvalue weighted by atomic mass is 15.2. The molecule has 0 N–H and O–H groups in total. The molecule has 0 unspecified atom stereocenters. The maximum Gasteiger partial charge on any atom is 0.0783 e. The first-order valence-corrected chi connectivity index (χ1v) is 24.7. The summed E-state index contributed by atoms with van der Waals surface area (Å²) in [6.07, 6.45) is 0. The molecular formula is C68H45N3. The van der Waals surface area contributed by atoms with E-state index in [1.54, 1.807) is 0 Å². The summed E-state index contributed by atoms with van der Waals surface area (Å²) in [5.41, 5.74) is 24.0. The summed E-state index contributed by atoms with van der Waals surface area (Å²) in [5.74, 6) is 0. The minimum atomic E-state index is -0.703. The molecule has 15 rings (SSSR count). The fraction of sp³-hybridized carbons (Fsp3) is 0.0294. The second kappa shape index (κ2) is 15.2. The van der Waals surface area contributed by atoms with Gasteiger partial charge in [0.2, 0.25) is 0 Å². The van der Waals surface area contributed by atoms with Crippen LogP contribution in [-0.4, -0.2) is 0 Å². The van der Waals surface area contributed by atoms with Crippen molar-refractivity contribution in [3.63, 3.8) is 0 Å². The second-order valence-corrected chi connectivity index (χ2v) is 19.1. The van der Waals surface area contributed by atoms with Crippen molar-refractivity contribution in [1.82, 2.24) is 0 Å². The molecule has 4 heterocycles. The van der Waals surface area contributed by atoms with Crippen molar-refractivity contribution < 1.29 is 0 Å². The van der Waals surface area contributed by atoms with E-state index in [0.717, 1.165) is 11.4 Å². The Hall–Kier alpha value is -9.18. The van der Waals surface area contributed by atoms with Crippen molar-refractivity contribution in [2.24, 2.45) is 0 Å². The minimum absolute atomic E-state index is 0.703. The smallest absolute Gasteiger partial charge is 0.0783 e. The summed E-state index contributed by atoms with van der Waals surface area (Å²) >= 11 is 0. The molecule has 2 spiro atoms. The molecule has 11 aromatic rings. The van der Waals surface area contributed by atoms with Gasteiger partial charge in [-0.1, -0.05) is 224 Å². The van der Waals surface area contributed by atoms with Crippen molar-refractivity contribution in [2.45, 2.75) is 10.8 Å². The van der Waals surface area contributed by atoms with Crippen LogP contribution in [0.25, 0.3) is 22.3 Å². The number of anilines is 9. The van der Waals surface area contributed by atoms with Gasteiger partial charge in [0.15, 0.2) is 0 Å². The maximum atomic E-state index is 2.61.